The summed E-state index contributed by atoms with van der Waals surface area (Å²) in [6.07, 6.45) is 0. The summed E-state index contributed by atoms with van der Waals surface area (Å²) in [7, 11) is 0.512. The maximum absolute atomic E-state index is 11.4. The monoisotopic (exact) mass is 270 g/mol. The molecule has 0 aliphatic rings. The highest BCUT2D eigenvalue weighted by Crippen LogP contribution is 2.18. The van der Waals surface area contributed by atoms with Crippen molar-refractivity contribution in [2.24, 2.45) is 0 Å². The van der Waals surface area contributed by atoms with E-state index in [0.29, 0.717) is 29.3 Å². The van der Waals surface area contributed by atoms with E-state index in [9.17, 15) is 9.00 Å². The quantitative estimate of drug-likeness (QED) is 0.600. The molecular weight excluding hydrogens is 252 g/mol. The first kappa shape index (κ1) is 14.5. The molecule has 1 rings (SSSR count). The third-order valence-corrected chi connectivity index (χ3v) is 3.74. The van der Waals surface area contributed by atoms with Crippen LogP contribution in [0.2, 0.25) is 0 Å². The molecule has 1 aromatic rings. The molecule has 0 aromatic heterocycles. The van der Waals surface area contributed by atoms with Gasteiger partial charge in [-0.25, -0.2) is 4.79 Å². The Labute approximate surface area is 109 Å². The van der Waals surface area contributed by atoms with Crippen molar-refractivity contribution in [1.29, 1.82) is 0 Å². The van der Waals surface area contributed by atoms with Gasteiger partial charge in [-0.15, -0.1) is 0 Å². The molecular formula is C12H18N2O3S. The summed E-state index contributed by atoms with van der Waals surface area (Å²) in [6, 6.07) is 5.05. The van der Waals surface area contributed by atoms with E-state index in [4.69, 9.17) is 5.73 Å². The summed E-state index contributed by atoms with van der Waals surface area (Å²) < 4.78 is 15.9. The Morgan fingerprint density at radius 2 is 2.22 bits per heavy atom. The molecule has 0 radical (unpaired) electrons. The van der Waals surface area contributed by atoms with E-state index in [-0.39, 0.29) is 0 Å². The van der Waals surface area contributed by atoms with E-state index < -0.39 is 16.8 Å². The van der Waals surface area contributed by atoms with Crippen LogP contribution in [0.15, 0.2) is 18.2 Å². The van der Waals surface area contributed by atoms with Gasteiger partial charge in [0, 0.05) is 40.2 Å². The fourth-order valence-electron chi connectivity index (χ4n) is 1.41. The summed E-state index contributed by atoms with van der Waals surface area (Å²) in [5.41, 5.74) is 7.16. The highest BCUT2D eigenvalue weighted by molar-refractivity contribution is 7.84. The number of nitrogen functional groups attached to an aromatic ring is 1. The first-order valence-corrected chi connectivity index (χ1v) is 7.14. The molecule has 1 atom stereocenters. The van der Waals surface area contributed by atoms with Gasteiger partial charge in [-0.05, 0) is 18.2 Å². The molecule has 0 heterocycles. The topological polar surface area (TPSA) is 81.4 Å². The second kappa shape index (κ2) is 7.00. The third-order valence-electron chi connectivity index (χ3n) is 2.44. The molecule has 3 N–H and O–H groups in total. The molecule has 5 nitrogen and oxygen atoms in total. The smallest absolute Gasteiger partial charge is 0.340 e. The third kappa shape index (κ3) is 4.03. The Hall–Kier alpha value is -1.56. The minimum atomic E-state index is -0.800. The van der Waals surface area contributed by atoms with Gasteiger partial charge in [0.25, 0.3) is 0 Å². The molecule has 0 bridgehead atoms. The van der Waals surface area contributed by atoms with Gasteiger partial charge in [0.1, 0.15) is 0 Å². The Morgan fingerprint density at radius 1 is 1.50 bits per heavy atom. The summed E-state index contributed by atoms with van der Waals surface area (Å²) in [5.74, 6) is 0.763. The number of nitrogens with two attached hydrogens (primary N) is 1. The van der Waals surface area contributed by atoms with Crippen LogP contribution in [0.1, 0.15) is 17.3 Å². The van der Waals surface area contributed by atoms with Crippen molar-refractivity contribution in [3.8, 4) is 0 Å². The maximum Gasteiger partial charge on any atom is 0.340 e. The zero-order chi connectivity index (χ0) is 13.5. The number of methoxy groups -OCH3 is 1. The average molecular weight is 270 g/mol. The number of carbonyl (C=O) groups excluding carboxylic acids is 1. The molecule has 0 aliphatic heterocycles. The average Bonchev–Trinajstić information content (AvgIpc) is 2.39. The number of hydrogen-bond acceptors (Lipinski definition) is 5. The van der Waals surface area contributed by atoms with E-state index in [0.717, 1.165) is 5.69 Å². The van der Waals surface area contributed by atoms with Gasteiger partial charge in [0.05, 0.1) is 12.7 Å². The highest BCUT2D eigenvalue weighted by Gasteiger charge is 2.10. The lowest BCUT2D eigenvalue weighted by atomic mass is 10.1. The predicted molar refractivity (Wildman–Crippen MR) is 74.2 cm³/mol. The predicted octanol–water partition coefficient (Wildman–Crippen LogP) is 1.24. The summed E-state index contributed by atoms with van der Waals surface area (Å²) >= 11 is 0. The summed E-state index contributed by atoms with van der Waals surface area (Å²) in [4.78, 5) is 11.4. The highest BCUT2D eigenvalue weighted by atomic mass is 32.2. The molecule has 100 valence electrons. The molecule has 0 saturated carbocycles. The first-order valence-electron chi connectivity index (χ1n) is 5.65. The van der Waals surface area contributed by atoms with Crippen LogP contribution in [0.25, 0.3) is 0 Å². The van der Waals surface area contributed by atoms with Gasteiger partial charge in [-0.1, -0.05) is 6.92 Å². The molecule has 0 spiro atoms. The summed E-state index contributed by atoms with van der Waals surface area (Å²) in [5, 5.41) is 3.10. The molecule has 0 aliphatic carbocycles. The van der Waals surface area contributed by atoms with Gasteiger partial charge >= 0.3 is 5.97 Å². The number of rotatable bonds is 6. The molecule has 0 saturated heterocycles. The van der Waals surface area contributed by atoms with E-state index in [1.54, 1.807) is 18.2 Å². The maximum atomic E-state index is 11.4. The van der Waals surface area contributed by atoms with Crippen LogP contribution in [0.3, 0.4) is 0 Å². The Bertz CT molecular complexity index is 449. The number of esters is 1. The first-order chi connectivity index (χ1) is 8.58. The van der Waals surface area contributed by atoms with Gasteiger partial charge in [0.15, 0.2) is 0 Å². The minimum absolute atomic E-state index is 0.333. The van der Waals surface area contributed by atoms with E-state index in [1.165, 1.54) is 7.11 Å². The lowest BCUT2D eigenvalue weighted by molar-refractivity contribution is 0.0602. The Kier molecular flexibility index (Phi) is 5.64. The molecule has 1 aromatic carbocycles. The SMILES string of the molecule is CCS(=O)CCNc1ccc(N)c(C(=O)OC)c1. The minimum Gasteiger partial charge on any atom is -0.465 e. The second-order valence-electron chi connectivity index (χ2n) is 3.65. The number of nitrogens with one attached hydrogen (secondary N) is 1. The molecule has 1 unspecified atom stereocenters. The van der Waals surface area contributed by atoms with Crippen LogP contribution >= 0.6 is 0 Å². The van der Waals surface area contributed by atoms with Gasteiger partial charge in [0.2, 0.25) is 0 Å². The van der Waals surface area contributed by atoms with Gasteiger partial charge < -0.3 is 15.8 Å². The lowest BCUT2D eigenvalue weighted by Gasteiger charge is -2.09. The normalized spacial score (nSPS) is 11.9. The zero-order valence-corrected chi connectivity index (χ0v) is 11.4. The van der Waals surface area contributed by atoms with Crippen LogP contribution in [0, 0.1) is 0 Å². The van der Waals surface area contributed by atoms with E-state index >= 15 is 0 Å². The number of carbonyl (C=O) groups is 1. The van der Waals surface area contributed by atoms with Crippen molar-refractivity contribution in [1.82, 2.24) is 0 Å². The number of ether oxygens (including phenoxy) is 1. The Balaban J connectivity index is 2.67. The molecule has 0 amide bonds. The van der Waals surface area contributed by atoms with E-state index in [1.807, 2.05) is 6.92 Å². The lowest BCUT2D eigenvalue weighted by Crippen LogP contribution is -2.13. The molecule has 18 heavy (non-hydrogen) atoms. The van der Waals surface area contributed by atoms with Crippen LogP contribution in [0.5, 0.6) is 0 Å². The van der Waals surface area contributed by atoms with Crippen molar-refractivity contribution < 1.29 is 13.7 Å². The van der Waals surface area contributed by atoms with Crippen LogP contribution in [-0.4, -0.2) is 35.3 Å². The van der Waals surface area contributed by atoms with Crippen LogP contribution < -0.4 is 11.1 Å². The largest absolute Gasteiger partial charge is 0.465 e. The van der Waals surface area contributed by atoms with Crippen molar-refractivity contribution in [2.45, 2.75) is 6.92 Å². The van der Waals surface area contributed by atoms with Crippen molar-refractivity contribution in [2.75, 3.05) is 36.2 Å². The standard InChI is InChI=1S/C12H18N2O3S/c1-3-18(16)7-6-14-9-4-5-11(13)10(8-9)12(15)17-2/h4-5,8,14H,3,6-7,13H2,1-2H3. The Morgan fingerprint density at radius 3 is 2.83 bits per heavy atom. The van der Waals surface area contributed by atoms with Crippen molar-refractivity contribution >= 4 is 28.1 Å². The fourth-order valence-corrected chi connectivity index (χ4v) is 2.02. The van der Waals surface area contributed by atoms with Crippen molar-refractivity contribution in [3.05, 3.63) is 23.8 Å². The van der Waals surface area contributed by atoms with Crippen molar-refractivity contribution in [3.63, 3.8) is 0 Å². The zero-order valence-electron chi connectivity index (χ0n) is 10.6. The second-order valence-corrected chi connectivity index (χ2v) is 5.52. The van der Waals surface area contributed by atoms with Gasteiger partial charge in [-0.2, -0.15) is 0 Å². The number of benzene rings is 1. The fraction of sp³-hybridized carbons (Fsp3) is 0.417. The number of anilines is 2. The van der Waals surface area contributed by atoms with Crippen LogP contribution in [0.4, 0.5) is 11.4 Å². The van der Waals surface area contributed by atoms with Crippen LogP contribution in [-0.2, 0) is 15.5 Å². The number of hydrogen-bond donors (Lipinski definition) is 2. The molecule has 6 heteroatoms. The summed E-state index contributed by atoms with van der Waals surface area (Å²) in [6.45, 7) is 2.47. The van der Waals surface area contributed by atoms with E-state index in [2.05, 4.69) is 10.1 Å². The van der Waals surface area contributed by atoms with Gasteiger partial charge in [-0.3, -0.25) is 4.21 Å². The molecule has 0 fully saturated rings.